The van der Waals surface area contributed by atoms with E-state index in [4.69, 9.17) is 18.0 Å². The highest BCUT2D eigenvalue weighted by molar-refractivity contribution is 7.80. The van der Waals surface area contributed by atoms with Gasteiger partial charge in [-0.3, -0.25) is 9.69 Å². The predicted octanol–water partition coefficient (Wildman–Crippen LogP) is 0.137. The SMILES string of the molecule is NC(=S)CN1C(=O)NC2(CCCC2)C1=O. The van der Waals surface area contributed by atoms with Gasteiger partial charge in [0.15, 0.2) is 0 Å². The van der Waals surface area contributed by atoms with Crippen molar-refractivity contribution in [3.05, 3.63) is 0 Å². The molecule has 5 nitrogen and oxygen atoms in total. The van der Waals surface area contributed by atoms with Crippen LogP contribution in [-0.2, 0) is 4.79 Å². The Kier molecular flexibility index (Phi) is 2.38. The molecule has 0 unspecified atom stereocenters. The van der Waals surface area contributed by atoms with Crippen molar-refractivity contribution < 1.29 is 9.59 Å². The first kappa shape index (κ1) is 10.4. The first-order valence-corrected chi connectivity index (χ1v) is 5.38. The van der Waals surface area contributed by atoms with Crippen LogP contribution in [0.1, 0.15) is 25.7 Å². The van der Waals surface area contributed by atoms with Crippen molar-refractivity contribution >= 4 is 29.1 Å². The Morgan fingerprint density at radius 1 is 1.47 bits per heavy atom. The van der Waals surface area contributed by atoms with Crippen LogP contribution in [0, 0.1) is 0 Å². The third-order valence-electron chi connectivity index (χ3n) is 3.02. The molecule has 2 fully saturated rings. The Hall–Kier alpha value is -1.17. The minimum atomic E-state index is -0.651. The minimum Gasteiger partial charge on any atom is -0.392 e. The van der Waals surface area contributed by atoms with E-state index < -0.39 is 5.54 Å². The van der Waals surface area contributed by atoms with E-state index in [2.05, 4.69) is 5.32 Å². The molecule has 82 valence electrons. The summed E-state index contributed by atoms with van der Waals surface area (Å²) >= 11 is 4.71. The van der Waals surface area contributed by atoms with Gasteiger partial charge >= 0.3 is 6.03 Å². The molecule has 3 N–H and O–H groups in total. The smallest absolute Gasteiger partial charge is 0.325 e. The fourth-order valence-corrected chi connectivity index (χ4v) is 2.42. The predicted molar refractivity (Wildman–Crippen MR) is 58.2 cm³/mol. The number of hydrogen-bond donors (Lipinski definition) is 2. The molecule has 1 heterocycles. The lowest BCUT2D eigenvalue weighted by Gasteiger charge is -2.19. The third-order valence-corrected chi connectivity index (χ3v) is 3.15. The van der Waals surface area contributed by atoms with Gasteiger partial charge in [0.25, 0.3) is 5.91 Å². The van der Waals surface area contributed by atoms with Crippen LogP contribution in [0.25, 0.3) is 0 Å². The summed E-state index contributed by atoms with van der Waals surface area (Å²) < 4.78 is 0. The van der Waals surface area contributed by atoms with Gasteiger partial charge in [-0.15, -0.1) is 0 Å². The minimum absolute atomic E-state index is 0.0434. The van der Waals surface area contributed by atoms with Gasteiger partial charge in [0.2, 0.25) is 0 Å². The van der Waals surface area contributed by atoms with Crippen LogP contribution >= 0.6 is 12.2 Å². The maximum Gasteiger partial charge on any atom is 0.325 e. The largest absolute Gasteiger partial charge is 0.392 e. The monoisotopic (exact) mass is 227 g/mol. The second-order valence-electron chi connectivity index (χ2n) is 4.08. The van der Waals surface area contributed by atoms with Gasteiger partial charge in [0.05, 0.1) is 11.5 Å². The number of carbonyl (C=O) groups excluding carboxylic acids is 2. The summed E-state index contributed by atoms with van der Waals surface area (Å²) in [5.41, 5.74) is 4.69. The molecule has 1 aliphatic carbocycles. The van der Waals surface area contributed by atoms with Gasteiger partial charge < -0.3 is 11.1 Å². The zero-order chi connectivity index (χ0) is 11.1. The zero-order valence-electron chi connectivity index (χ0n) is 8.28. The van der Waals surface area contributed by atoms with Crippen LogP contribution < -0.4 is 11.1 Å². The summed E-state index contributed by atoms with van der Waals surface area (Å²) in [5.74, 6) is -0.169. The number of rotatable bonds is 2. The maximum absolute atomic E-state index is 12.0. The molecule has 0 atom stereocenters. The molecule has 0 radical (unpaired) electrons. The molecule has 2 aliphatic rings. The van der Waals surface area contributed by atoms with E-state index in [0.29, 0.717) is 0 Å². The van der Waals surface area contributed by atoms with Crippen molar-refractivity contribution in [2.24, 2.45) is 5.73 Å². The van der Waals surface area contributed by atoms with E-state index in [0.717, 1.165) is 30.6 Å². The number of nitrogens with two attached hydrogens (primary N) is 1. The van der Waals surface area contributed by atoms with Gasteiger partial charge in [-0.2, -0.15) is 0 Å². The van der Waals surface area contributed by atoms with Gasteiger partial charge in [-0.1, -0.05) is 25.1 Å². The van der Waals surface area contributed by atoms with E-state index in [-0.39, 0.29) is 23.5 Å². The second-order valence-corrected chi connectivity index (χ2v) is 4.60. The summed E-state index contributed by atoms with van der Waals surface area (Å²) in [6.07, 6.45) is 3.41. The fourth-order valence-electron chi connectivity index (χ4n) is 2.29. The van der Waals surface area contributed by atoms with Crippen molar-refractivity contribution in [2.75, 3.05) is 6.54 Å². The Bertz CT molecular complexity index is 336. The first-order chi connectivity index (χ1) is 7.05. The van der Waals surface area contributed by atoms with Crippen LogP contribution in [0.5, 0.6) is 0 Å². The van der Waals surface area contributed by atoms with Gasteiger partial charge in [-0.05, 0) is 12.8 Å². The number of amides is 3. The molecule has 1 spiro atoms. The summed E-state index contributed by atoms with van der Waals surface area (Å²) in [6, 6.07) is -0.366. The third kappa shape index (κ3) is 1.58. The molecule has 3 amide bonds. The Morgan fingerprint density at radius 2 is 2.07 bits per heavy atom. The molecular weight excluding hydrogens is 214 g/mol. The first-order valence-electron chi connectivity index (χ1n) is 4.98. The number of urea groups is 1. The van der Waals surface area contributed by atoms with Crippen molar-refractivity contribution in [1.82, 2.24) is 10.2 Å². The molecule has 1 saturated carbocycles. The van der Waals surface area contributed by atoms with E-state index in [1.807, 2.05) is 0 Å². The Labute approximate surface area is 93.0 Å². The van der Waals surface area contributed by atoms with Gasteiger partial charge in [0, 0.05) is 0 Å². The quantitative estimate of drug-likeness (QED) is 0.519. The Balaban J connectivity index is 2.19. The van der Waals surface area contributed by atoms with Crippen molar-refractivity contribution in [1.29, 1.82) is 0 Å². The molecule has 15 heavy (non-hydrogen) atoms. The summed E-state index contributed by atoms with van der Waals surface area (Å²) in [6.45, 7) is 0.0434. The molecule has 2 rings (SSSR count). The van der Waals surface area contributed by atoms with Crippen LogP contribution in [-0.4, -0.2) is 33.9 Å². The van der Waals surface area contributed by atoms with Crippen LogP contribution in [0.2, 0.25) is 0 Å². The summed E-state index contributed by atoms with van der Waals surface area (Å²) in [4.78, 5) is 24.8. The standard InChI is InChI=1S/C9H13N3O2S/c10-6(15)5-12-7(13)9(11-8(12)14)3-1-2-4-9/h1-5H2,(H2,10,15)(H,11,14). The van der Waals surface area contributed by atoms with Gasteiger partial charge in [0.1, 0.15) is 5.54 Å². The highest BCUT2D eigenvalue weighted by atomic mass is 32.1. The number of imide groups is 1. The lowest BCUT2D eigenvalue weighted by molar-refractivity contribution is -0.130. The highest BCUT2D eigenvalue weighted by Crippen LogP contribution is 2.34. The molecule has 1 aliphatic heterocycles. The lowest BCUT2D eigenvalue weighted by atomic mass is 9.98. The topological polar surface area (TPSA) is 75.4 Å². The van der Waals surface area contributed by atoms with Crippen molar-refractivity contribution in [3.63, 3.8) is 0 Å². The average molecular weight is 227 g/mol. The molecular formula is C9H13N3O2S. The molecule has 1 saturated heterocycles. The van der Waals surface area contributed by atoms with Crippen molar-refractivity contribution in [3.8, 4) is 0 Å². The molecule has 6 heteroatoms. The summed E-state index contributed by atoms with van der Waals surface area (Å²) in [5, 5.41) is 2.76. The normalized spacial score (nSPS) is 23.6. The van der Waals surface area contributed by atoms with E-state index >= 15 is 0 Å². The molecule has 0 bridgehead atoms. The number of nitrogens with one attached hydrogen (secondary N) is 1. The van der Waals surface area contributed by atoms with E-state index in [1.165, 1.54) is 0 Å². The summed E-state index contributed by atoms with van der Waals surface area (Å²) in [7, 11) is 0. The average Bonchev–Trinajstić information content (AvgIpc) is 2.69. The Morgan fingerprint density at radius 3 is 2.60 bits per heavy atom. The van der Waals surface area contributed by atoms with Crippen LogP contribution in [0.4, 0.5) is 4.79 Å². The van der Waals surface area contributed by atoms with E-state index in [9.17, 15) is 9.59 Å². The number of nitrogens with zero attached hydrogens (tertiary/aromatic N) is 1. The zero-order valence-corrected chi connectivity index (χ0v) is 9.10. The number of thiocarbonyl (C=S) groups is 1. The van der Waals surface area contributed by atoms with E-state index in [1.54, 1.807) is 0 Å². The highest BCUT2D eigenvalue weighted by Gasteiger charge is 2.52. The van der Waals surface area contributed by atoms with Crippen LogP contribution in [0.3, 0.4) is 0 Å². The molecule has 0 aromatic carbocycles. The van der Waals surface area contributed by atoms with Crippen LogP contribution in [0.15, 0.2) is 0 Å². The lowest BCUT2D eigenvalue weighted by Crippen LogP contribution is -2.44. The molecule has 0 aromatic rings. The maximum atomic E-state index is 12.0. The molecule has 0 aromatic heterocycles. The second kappa shape index (κ2) is 3.44. The number of carbonyl (C=O) groups is 2. The fraction of sp³-hybridized carbons (Fsp3) is 0.667. The number of hydrogen-bond acceptors (Lipinski definition) is 3. The van der Waals surface area contributed by atoms with Crippen molar-refractivity contribution in [2.45, 2.75) is 31.2 Å². The van der Waals surface area contributed by atoms with Gasteiger partial charge in [-0.25, -0.2) is 4.79 Å².